The van der Waals surface area contributed by atoms with Gasteiger partial charge in [0.05, 0.1) is 16.5 Å². The SMILES string of the molecule is Cc1cccc(CSCC(=O)Nc2c(C)cc(C)cc2Cl)c1. The Balaban J connectivity index is 1.89. The Morgan fingerprint density at radius 1 is 1.14 bits per heavy atom. The predicted octanol–water partition coefficient (Wildman–Crippen LogP) is 5.14. The fourth-order valence-corrected chi connectivity index (χ4v) is 3.46. The van der Waals surface area contributed by atoms with Gasteiger partial charge in [-0.25, -0.2) is 0 Å². The molecular weight excluding hydrogens is 314 g/mol. The fraction of sp³-hybridized carbons (Fsp3) is 0.278. The average Bonchev–Trinajstić information content (AvgIpc) is 2.43. The number of benzene rings is 2. The Hall–Kier alpha value is -1.45. The minimum absolute atomic E-state index is 0.0218. The number of carbonyl (C=O) groups excluding carboxylic acids is 1. The first-order chi connectivity index (χ1) is 10.5. The third-order valence-electron chi connectivity index (χ3n) is 3.28. The third kappa shape index (κ3) is 4.79. The van der Waals surface area contributed by atoms with Crippen molar-refractivity contribution in [2.75, 3.05) is 11.1 Å². The van der Waals surface area contributed by atoms with Crippen molar-refractivity contribution in [3.63, 3.8) is 0 Å². The van der Waals surface area contributed by atoms with Gasteiger partial charge in [0.25, 0.3) is 0 Å². The van der Waals surface area contributed by atoms with Gasteiger partial charge in [-0.05, 0) is 43.5 Å². The van der Waals surface area contributed by atoms with E-state index in [2.05, 4.69) is 30.4 Å². The van der Waals surface area contributed by atoms with E-state index in [4.69, 9.17) is 11.6 Å². The highest BCUT2D eigenvalue weighted by Crippen LogP contribution is 2.27. The van der Waals surface area contributed by atoms with Crippen molar-refractivity contribution in [3.05, 3.63) is 63.7 Å². The van der Waals surface area contributed by atoms with Crippen LogP contribution in [0, 0.1) is 20.8 Å². The summed E-state index contributed by atoms with van der Waals surface area (Å²) < 4.78 is 0. The van der Waals surface area contributed by atoms with E-state index in [1.807, 2.05) is 32.0 Å². The molecule has 0 saturated carbocycles. The third-order valence-corrected chi connectivity index (χ3v) is 4.58. The minimum atomic E-state index is -0.0218. The zero-order valence-electron chi connectivity index (χ0n) is 13.1. The average molecular weight is 334 g/mol. The Labute approximate surface area is 141 Å². The molecule has 2 nitrogen and oxygen atoms in total. The van der Waals surface area contributed by atoms with E-state index in [1.54, 1.807) is 11.8 Å². The number of hydrogen-bond acceptors (Lipinski definition) is 2. The van der Waals surface area contributed by atoms with Crippen molar-refractivity contribution in [3.8, 4) is 0 Å². The maximum Gasteiger partial charge on any atom is 0.234 e. The molecule has 0 aliphatic heterocycles. The molecule has 0 atom stereocenters. The summed E-state index contributed by atoms with van der Waals surface area (Å²) in [6.07, 6.45) is 0. The summed E-state index contributed by atoms with van der Waals surface area (Å²) in [5.41, 5.74) is 5.27. The predicted molar refractivity (Wildman–Crippen MR) is 96.9 cm³/mol. The van der Waals surface area contributed by atoms with Crippen molar-refractivity contribution in [1.29, 1.82) is 0 Å². The Morgan fingerprint density at radius 2 is 1.91 bits per heavy atom. The molecule has 2 rings (SSSR count). The molecule has 2 aromatic carbocycles. The lowest BCUT2D eigenvalue weighted by Crippen LogP contribution is -2.15. The number of amides is 1. The highest BCUT2D eigenvalue weighted by atomic mass is 35.5. The quantitative estimate of drug-likeness (QED) is 0.821. The highest BCUT2D eigenvalue weighted by Gasteiger charge is 2.09. The van der Waals surface area contributed by atoms with Crippen LogP contribution in [0.15, 0.2) is 36.4 Å². The molecule has 0 bridgehead atoms. The molecule has 1 amide bonds. The monoisotopic (exact) mass is 333 g/mol. The molecule has 0 unspecified atom stereocenters. The molecule has 0 fully saturated rings. The zero-order valence-corrected chi connectivity index (χ0v) is 14.6. The first kappa shape index (κ1) is 16.9. The normalized spacial score (nSPS) is 10.5. The lowest BCUT2D eigenvalue weighted by Gasteiger charge is -2.11. The van der Waals surface area contributed by atoms with Crippen molar-refractivity contribution < 1.29 is 4.79 Å². The van der Waals surface area contributed by atoms with Crippen LogP contribution in [0.5, 0.6) is 0 Å². The number of nitrogens with one attached hydrogen (secondary N) is 1. The van der Waals surface area contributed by atoms with Crippen molar-refractivity contribution >= 4 is 35.0 Å². The minimum Gasteiger partial charge on any atom is -0.324 e. The molecule has 0 aliphatic carbocycles. The topological polar surface area (TPSA) is 29.1 Å². The standard InChI is InChI=1S/C18H20ClNOS/c1-12-5-4-6-15(8-12)10-22-11-17(21)20-18-14(3)7-13(2)9-16(18)19/h4-9H,10-11H2,1-3H3,(H,20,21). The second-order valence-corrected chi connectivity index (χ2v) is 6.86. The van der Waals surface area contributed by atoms with Gasteiger partial charge in [0, 0.05) is 5.75 Å². The summed E-state index contributed by atoms with van der Waals surface area (Å²) in [7, 11) is 0. The number of carbonyl (C=O) groups is 1. The van der Waals surface area contributed by atoms with Crippen LogP contribution < -0.4 is 5.32 Å². The van der Waals surface area contributed by atoms with E-state index in [-0.39, 0.29) is 5.91 Å². The lowest BCUT2D eigenvalue weighted by molar-refractivity contribution is -0.113. The van der Waals surface area contributed by atoms with E-state index in [0.29, 0.717) is 16.5 Å². The zero-order chi connectivity index (χ0) is 16.1. The summed E-state index contributed by atoms with van der Waals surface area (Å²) in [6.45, 7) is 6.01. The van der Waals surface area contributed by atoms with Gasteiger partial charge in [0.15, 0.2) is 0 Å². The second kappa shape index (κ2) is 7.70. The van der Waals surface area contributed by atoms with E-state index < -0.39 is 0 Å². The van der Waals surface area contributed by atoms with Crippen molar-refractivity contribution in [2.45, 2.75) is 26.5 Å². The van der Waals surface area contributed by atoms with Gasteiger partial charge >= 0.3 is 0 Å². The molecule has 22 heavy (non-hydrogen) atoms. The van der Waals surface area contributed by atoms with Gasteiger partial charge in [-0.1, -0.05) is 47.5 Å². The Bertz CT molecular complexity index is 662. The first-order valence-electron chi connectivity index (χ1n) is 7.15. The van der Waals surface area contributed by atoms with Crippen molar-refractivity contribution in [2.24, 2.45) is 0 Å². The second-order valence-electron chi connectivity index (χ2n) is 5.47. The molecule has 0 heterocycles. The van der Waals surface area contributed by atoms with Crippen LogP contribution in [0.25, 0.3) is 0 Å². The van der Waals surface area contributed by atoms with Gasteiger partial charge < -0.3 is 5.32 Å². The van der Waals surface area contributed by atoms with E-state index in [9.17, 15) is 4.79 Å². The summed E-state index contributed by atoms with van der Waals surface area (Å²) in [5.74, 6) is 1.22. The molecular formula is C18H20ClNOS. The molecule has 2 aromatic rings. The smallest absolute Gasteiger partial charge is 0.234 e. The summed E-state index contributed by atoms with van der Waals surface area (Å²) in [6, 6.07) is 12.2. The van der Waals surface area contributed by atoms with E-state index >= 15 is 0 Å². The Morgan fingerprint density at radius 3 is 2.59 bits per heavy atom. The molecule has 1 N–H and O–H groups in total. The van der Waals surface area contributed by atoms with Gasteiger partial charge in [-0.3, -0.25) is 4.79 Å². The van der Waals surface area contributed by atoms with E-state index in [0.717, 1.165) is 16.9 Å². The maximum atomic E-state index is 12.1. The van der Waals surface area contributed by atoms with Crippen molar-refractivity contribution in [1.82, 2.24) is 0 Å². The summed E-state index contributed by atoms with van der Waals surface area (Å²) in [5, 5.41) is 3.50. The molecule has 116 valence electrons. The van der Waals surface area contributed by atoms with Crippen LogP contribution in [0.2, 0.25) is 5.02 Å². The number of rotatable bonds is 5. The van der Waals surface area contributed by atoms with Crippen LogP contribution in [0.4, 0.5) is 5.69 Å². The number of aryl methyl sites for hydroxylation is 3. The van der Waals surface area contributed by atoms with E-state index in [1.165, 1.54) is 11.1 Å². The van der Waals surface area contributed by atoms with Gasteiger partial charge in [-0.15, -0.1) is 11.8 Å². The van der Waals surface area contributed by atoms with Gasteiger partial charge in [0.2, 0.25) is 5.91 Å². The van der Waals surface area contributed by atoms with Gasteiger partial charge in [0.1, 0.15) is 0 Å². The number of anilines is 1. The maximum absolute atomic E-state index is 12.1. The van der Waals surface area contributed by atoms with Gasteiger partial charge in [-0.2, -0.15) is 0 Å². The van der Waals surface area contributed by atoms with Crippen LogP contribution in [0.3, 0.4) is 0 Å². The molecule has 0 saturated heterocycles. The highest BCUT2D eigenvalue weighted by molar-refractivity contribution is 7.99. The Kier molecular flexibility index (Phi) is 5.92. The van der Waals surface area contributed by atoms with Crippen LogP contribution in [-0.2, 0) is 10.5 Å². The van der Waals surface area contributed by atoms with Crippen LogP contribution >= 0.6 is 23.4 Å². The summed E-state index contributed by atoms with van der Waals surface area (Å²) in [4.78, 5) is 12.1. The largest absolute Gasteiger partial charge is 0.324 e. The molecule has 0 aliphatic rings. The molecule has 4 heteroatoms. The number of thioether (sulfide) groups is 1. The number of hydrogen-bond donors (Lipinski definition) is 1. The molecule has 0 spiro atoms. The number of halogens is 1. The van der Waals surface area contributed by atoms with Crippen LogP contribution in [0.1, 0.15) is 22.3 Å². The summed E-state index contributed by atoms with van der Waals surface area (Å²) >= 11 is 7.81. The first-order valence-corrected chi connectivity index (χ1v) is 8.69. The lowest BCUT2D eigenvalue weighted by atomic mass is 10.1. The molecule has 0 radical (unpaired) electrons. The molecule has 0 aromatic heterocycles. The van der Waals surface area contributed by atoms with Crippen LogP contribution in [-0.4, -0.2) is 11.7 Å². The fourth-order valence-electron chi connectivity index (χ4n) is 2.31.